The largest absolute Gasteiger partial charge is 0.349 e. The molecule has 0 spiro atoms. The second-order valence-electron chi connectivity index (χ2n) is 5.58. The molecule has 6 heteroatoms. The molecule has 0 aliphatic carbocycles. The van der Waals surface area contributed by atoms with Gasteiger partial charge in [0.25, 0.3) is 0 Å². The Morgan fingerprint density at radius 3 is 2.42 bits per heavy atom. The lowest BCUT2D eigenvalue weighted by Gasteiger charge is -2.20. The van der Waals surface area contributed by atoms with Gasteiger partial charge in [0, 0.05) is 24.3 Å². The molecule has 0 aliphatic heterocycles. The Kier molecular flexibility index (Phi) is 6.32. The Hall–Kier alpha value is -2.40. The zero-order chi connectivity index (χ0) is 17.5. The van der Waals surface area contributed by atoms with Crippen LogP contribution in [0.4, 0.5) is 0 Å². The molecular weight excluding hydrogens is 326 g/mol. The van der Waals surface area contributed by atoms with Crippen LogP contribution in [0.3, 0.4) is 0 Å². The topological polar surface area (TPSA) is 71.1 Å². The minimum absolute atomic E-state index is 0.145. The molecule has 0 radical (unpaired) electrons. The molecule has 2 aromatic rings. The maximum absolute atomic E-state index is 12.4. The number of hydrogen-bond donors (Lipinski definition) is 2. The van der Waals surface area contributed by atoms with Crippen molar-refractivity contribution in [2.75, 3.05) is 0 Å². The molecule has 2 N–H and O–H groups in total. The van der Waals surface area contributed by atoms with Crippen LogP contribution in [0.25, 0.3) is 0 Å². The van der Waals surface area contributed by atoms with E-state index >= 15 is 0 Å². The van der Waals surface area contributed by atoms with Gasteiger partial charge in [-0.25, -0.2) is 0 Å². The van der Waals surface area contributed by atoms with Crippen molar-refractivity contribution in [3.05, 3.63) is 64.9 Å². The fourth-order valence-corrected chi connectivity index (χ4v) is 2.52. The summed E-state index contributed by atoms with van der Waals surface area (Å²) in [4.78, 5) is 27.8. The van der Waals surface area contributed by atoms with Gasteiger partial charge < -0.3 is 10.6 Å². The highest BCUT2D eigenvalue weighted by molar-refractivity contribution is 6.30. The van der Waals surface area contributed by atoms with Crippen LogP contribution in [-0.2, 0) is 9.59 Å². The summed E-state index contributed by atoms with van der Waals surface area (Å²) in [6, 6.07) is 10.3. The second-order valence-corrected chi connectivity index (χ2v) is 6.02. The van der Waals surface area contributed by atoms with E-state index < -0.39 is 6.04 Å². The summed E-state index contributed by atoms with van der Waals surface area (Å²) < 4.78 is 0. The van der Waals surface area contributed by atoms with Gasteiger partial charge in [0.2, 0.25) is 11.8 Å². The lowest BCUT2D eigenvalue weighted by molar-refractivity contribution is -0.123. The average Bonchev–Trinajstić information content (AvgIpc) is 2.55. The number of benzene rings is 1. The Balaban J connectivity index is 2.04. The van der Waals surface area contributed by atoms with Crippen molar-refractivity contribution in [1.29, 1.82) is 0 Å². The van der Waals surface area contributed by atoms with E-state index in [1.54, 1.807) is 36.7 Å². The van der Waals surface area contributed by atoms with Gasteiger partial charge in [-0.2, -0.15) is 0 Å². The van der Waals surface area contributed by atoms with Gasteiger partial charge in [0.1, 0.15) is 0 Å². The van der Waals surface area contributed by atoms with E-state index in [4.69, 9.17) is 11.6 Å². The SMILES string of the molecule is CC(=O)N[C@@H](CC(=O)N[C@H](C)c1cccnc1)c1ccc(Cl)cc1. The van der Waals surface area contributed by atoms with Crippen molar-refractivity contribution < 1.29 is 9.59 Å². The van der Waals surface area contributed by atoms with E-state index in [1.165, 1.54) is 6.92 Å². The summed E-state index contributed by atoms with van der Waals surface area (Å²) in [5.41, 5.74) is 1.76. The molecule has 1 aromatic carbocycles. The molecule has 0 unspecified atom stereocenters. The van der Waals surface area contributed by atoms with Crippen LogP contribution in [0.15, 0.2) is 48.8 Å². The number of aromatic nitrogens is 1. The van der Waals surface area contributed by atoms with Crippen molar-refractivity contribution in [3.63, 3.8) is 0 Å². The molecule has 5 nitrogen and oxygen atoms in total. The summed E-state index contributed by atoms with van der Waals surface area (Å²) >= 11 is 5.89. The zero-order valence-electron chi connectivity index (χ0n) is 13.6. The molecular formula is C18H20ClN3O2. The van der Waals surface area contributed by atoms with E-state index in [0.717, 1.165) is 11.1 Å². The molecule has 2 atom stereocenters. The Morgan fingerprint density at radius 1 is 1.12 bits per heavy atom. The normalized spacial score (nSPS) is 13.0. The first-order chi connectivity index (χ1) is 11.5. The van der Waals surface area contributed by atoms with E-state index in [9.17, 15) is 9.59 Å². The quantitative estimate of drug-likeness (QED) is 0.844. The predicted octanol–water partition coefficient (Wildman–Crippen LogP) is 3.18. The average molecular weight is 346 g/mol. The van der Waals surface area contributed by atoms with Gasteiger partial charge in [0.15, 0.2) is 0 Å². The number of nitrogens with one attached hydrogen (secondary N) is 2. The molecule has 0 bridgehead atoms. The van der Waals surface area contributed by atoms with Gasteiger partial charge in [-0.05, 0) is 36.2 Å². The third-order valence-electron chi connectivity index (χ3n) is 3.60. The van der Waals surface area contributed by atoms with E-state index in [2.05, 4.69) is 15.6 Å². The molecule has 1 heterocycles. The van der Waals surface area contributed by atoms with E-state index in [1.807, 2.05) is 19.1 Å². The van der Waals surface area contributed by atoms with Crippen LogP contribution in [0.1, 0.15) is 43.5 Å². The summed E-state index contributed by atoms with van der Waals surface area (Å²) in [5, 5.41) is 6.34. The van der Waals surface area contributed by atoms with Crippen LogP contribution < -0.4 is 10.6 Å². The number of pyridine rings is 1. The standard InChI is InChI=1S/C18H20ClN3O2/c1-12(15-4-3-9-20-11-15)21-18(24)10-17(22-13(2)23)14-5-7-16(19)8-6-14/h3-9,11-12,17H,10H2,1-2H3,(H,21,24)(H,22,23)/t12-,17+/m1/s1. The number of carbonyl (C=O) groups is 2. The lowest BCUT2D eigenvalue weighted by Crippen LogP contribution is -2.33. The highest BCUT2D eigenvalue weighted by Gasteiger charge is 2.18. The number of carbonyl (C=O) groups excluding carboxylic acids is 2. The first-order valence-corrected chi connectivity index (χ1v) is 8.05. The third kappa shape index (κ3) is 5.35. The van der Waals surface area contributed by atoms with Gasteiger partial charge >= 0.3 is 0 Å². The van der Waals surface area contributed by atoms with Crippen LogP contribution in [0.5, 0.6) is 0 Å². The smallest absolute Gasteiger partial charge is 0.222 e. The fourth-order valence-electron chi connectivity index (χ4n) is 2.39. The molecule has 126 valence electrons. The number of halogens is 1. The van der Waals surface area contributed by atoms with Gasteiger partial charge in [0.05, 0.1) is 18.5 Å². The third-order valence-corrected chi connectivity index (χ3v) is 3.85. The number of rotatable bonds is 6. The lowest BCUT2D eigenvalue weighted by atomic mass is 10.0. The van der Waals surface area contributed by atoms with Gasteiger partial charge in [-0.1, -0.05) is 29.8 Å². The molecule has 1 aromatic heterocycles. The fraction of sp³-hybridized carbons (Fsp3) is 0.278. The summed E-state index contributed by atoms with van der Waals surface area (Å²) in [6.45, 7) is 3.32. The zero-order valence-corrected chi connectivity index (χ0v) is 14.4. The Labute approximate surface area is 146 Å². The van der Waals surface area contributed by atoms with Gasteiger partial charge in [-0.3, -0.25) is 14.6 Å². The maximum Gasteiger partial charge on any atom is 0.222 e. The monoisotopic (exact) mass is 345 g/mol. The second kappa shape index (κ2) is 8.45. The first kappa shape index (κ1) is 17.9. The highest BCUT2D eigenvalue weighted by Crippen LogP contribution is 2.20. The van der Waals surface area contributed by atoms with Crippen molar-refractivity contribution in [1.82, 2.24) is 15.6 Å². The molecule has 2 amide bonds. The minimum Gasteiger partial charge on any atom is -0.349 e. The van der Waals surface area contributed by atoms with Crippen LogP contribution in [0, 0.1) is 0 Å². The van der Waals surface area contributed by atoms with Crippen LogP contribution >= 0.6 is 11.6 Å². The molecule has 0 saturated heterocycles. The summed E-state index contributed by atoms with van der Waals surface area (Å²) in [6.07, 6.45) is 3.55. The van der Waals surface area contributed by atoms with Crippen molar-refractivity contribution in [2.24, 2.45) is 0 Å². The van der Waals surface area contributed by atoms with Crippen LogP contribution in [-0.4, -0.2) is 16.8 Å². The van der Waals surface area contributed by atoms with Gasteiger partial charge in [-0.15, -0.1) is 0 Å². The van der Waals surface area contributed by atoms with E-state index in [0.29, 0.717) is 5.02 Å². The summed E-state index contributed by atoms with van der Waals surface area (Å²) in [7, 11) is 0. The number of nitrogens with zero attached hydrogens (tertiary/aromatic N) is 1. The molecule has 0 aliphatic rings. The predicted molar refractivity (Wildman–Crippen MR) is 93.4 cm³/mol. The van der Waals surface area contributed by atoms with Crippen molar-refractivity contribution in [2.45, 2.75) is 32.4 Å². The van der Waals surface area contributed by atoms with Crippen molar-refractivity contribution in [3.8, 4) is 0 Å². The molecule has 0 saturated carbocycles. The first-order valence-electron chi connectivity index (χ1n) is 7.67. The molecule has 2 rings (SSSR count). The Morgan fingerprint density at radius 2 is 1.83 bits per heavy atom. The highest BCUT2D eigenvalue weighted by atomic mass is 35.5. The number of amides is 2. The van der Waals surface area contributed by atoms with E-state index in [-0.39, 0.29) is 24.3 Å². The van der Waals surface area contributed by atoms with Crippen molar-refractivity contribution >= 4 is 23.4 Å². The molecule has 24 heavy (non-hydrogen) atoms. The number of hydrogen-bond acceptors (Lipinski definition) is 3. The Bertz CT molecular complexity index is 689. The maximum atomic E-state index is 12.4. The van der Waals surface area contributed by atoms with Crippen LogP contribution in [0.2, 0.25) is 5.02 Å². The minimum atomic E-state index is -0.402. The molecule has 0 fully saturated rings. The summed E-state index contributed by atoms with van der Waals surface area (Å²) in [5.74, 6) is -0.344.